The lowest BCUT2D eigenvalue weighted by molar-refractivity contribution is -0.121. The van der Waals surface area contributed by atoms with Crippen molar-refractivity contribution in [2.75, 3.05) is 6.54 Å². The van der Waals surface area contributed by atoms with Crippen molar-refractivity contribution >= 4 is 15.7 Å². The lowest BCUT2D eigenvalue weighted by Crippen LogP contribution is -2.31. The molecular weight excluding hydrogens is 341 g/mol. The molecule has 0 aliphatic carbocycles. The fourth-order valence-corrected chi connectivity index (χ4v) is 4.16. The van der Waals surface area contributed by atoms with Gasteiger partial charge in [0.15, 0.2) is 9.84 Å². The van der Waals surface area contributed by atoms with Crippen LogP contribution in [-0.4, -0.2) is 20.9 Å². The lowest BCUT2D eigenvalue weighted by atomic mass is 10.1. The molecule has 0 spiro atoms. The van der Waals surface area contributed by atoms with Gasteiger partial charge in [0.05, 0.1) is 4.90 Å². The Morgan fingerprint density at radius 2 is 1.72 bits per heavy atom. The largest absolute Gasteiger partial charge is 0.354 e. The molecule has 0 saturated carbocycles. The molecule has 0 fully saturated rings. The standard InChI is InChI=1S/C19H22FNO3S/c1-2-3-9-19(22)21-14-18(15-7-5-4-6-8-15)25(23,24)17-12-10-16(20)11-13-17/h4-8,10-13,18H,2-3,9,14H2,1H3,(H,21,22). The van der Waals surface area contributed by atoms with Gasteiger partial charge in [-0.2, -0.15) is 0 Å². The normalized spacial score (nSPS) is 12.6. The molecule has 1 amide bonds. The maximum Gasteiger partial charge on any atom is 0.220 e. The number of benzene rings is 2. The van der Waals surface area contributed by atoms with E-state index >= 15 is 0 Å². The summed E-state index contributed by atoms with van der Waals surface area (Å²) in [4.78, 5) is 11.9. The van der Waals surface area contributed by atoms with Gasteiger partial charge < -0.3 is 5.32 Å². The third kappa shape index (κ3) is 5.13. The van der Waals surface area contributed by atoms with Crippen LogP contribution in [0.25, 0.3) is 0 Å². The first-order chi connectivity index (χ1) is 11.9. The Balaban J connectivity index is 2.28. The Kier molecular flexibility index (Phi) is 6.70. The minimum Gasteiger partial charge on any atom is -0.354 e. The first-order valence-corrected chi connectivity index (χ1v) is 9.81. The summed E-state index contributed by atoms with van der Waals surface area (Å²) in [7, 11) is -3.77. The van der Waals surface area contributed by atoms with Crippen LogP contribution in [-0.2, 0) is 14.6 Å². The topological polar surface area (TPSA) is 63.2 Å². The Morgan fingerprint density at radius 1 is 1.08 bits per heavy atom. The first-order valence-electron chi connectivity index (χ1n) is 8.26. The van der Waals surface area contributed by atoms with Crippen molar-refractivity contribution in [2.45, 2.75) is 36.3 Å². The van der Waals surface area contributed by atoms with Gasteiger partial charge in [0.2, 0.25) is 5.91 Å². The van der Waals surface area contributed by atoms with E-state index in [1.165, 1.54) is 12.1 Å². The molecule has 4 nitrogen and oxygen atoms in total. The molecule has 0 aromatic heterocycles. The summed E-state index contributed by atoms with van der Waals surface area (Å²) in [5.74, 6) is -0.667. The molecule has 2 aromatic carbocycles. The van der Waals surface area contributed by atoms with E-state index in [0.29, 0.717) is 12.0 Å². The van der Waals surface area contributed by atoms with Crippen LogP contribution in [0.1, 0.15) is 37.0 Å². The molecule has 0 heterocycles. The highest BCUT2D eigenvalue weighted by Gasteiger charge is 2.29. The summed E-state index contributed by atoms with van der Waals surface area (Å²) in [6, 6.07) is 13.5. The van der Waals surface area contributed by atoms with Gasteiger partial charge in [-0.25, -0.2) is 12.8 Å². The Bertz CT molecular complexity index is 789. The summed E-state index contributed by atoms with van der Waals surface area (Å²) in [5, 5.41) is 1.78. The van der Waals surface area contributed by atoms with Crippen LogP contribution in [0.2, 0.25) is 0 Å². The molecule has 1 atom stereocenters. The van der Waals surface area contributed by atoms with Crippen molar-refractivity contribution < 1.29 is 17.6 Å². The average molecular weight is 363 g/mol. The predicted octanol–water partition coefficient (Wildman–Crippen LogP) is 3.65. The van der Waals surface area contributed by atoms with E-state index in [9.17, 15) is 17.6 Å². The number of unbranched alkanes of at least 4 members (excludes halogenated alkanes) is 1. The van der Waals surface area contributed by atoms with Gasteiger partial charge in [-0.1, -0.05) is 43.7 Å². The van der Waals surface area contributed by atoms with Gasteiger partial charge in [0.1, 0.15) is 11.1 Å². The van der Waals surface area contributed by atoms with Gasteiger partial charge in [-0.15, -0.1) is 0 Å². The predicted molar refractivity (Wildman–Crippen MR) is 95.3 cm³/mol. The highest BCUT2D eigenvalue weighted by Crippen LogP contribution is 2.28. The maximum atomic E-state index is 13.1. The summed E-state index contributed by atoms with van der Waals surface area (Å²) in [6.07, 6.45) is 2.02. The van der Waals surface area contributed by atoms with Crippen molar-refractivity contribution in [1.82, 2.24) is 5.32 Å². The van der Waals surface area contributed by atoms with Gasteiger partial charge in [-0.05, 0) is 36.2 Å². The summed E-state index contributed by atoms with van der Waals surface area (Å²) in [5.41, 5.74) is 0.586. The molecular formula is C19H22FNO3S. The number of carbonyl (C=O) groups excluding carboxylic acids is 1. The van der Waals surface area contributed by atoms with E-state index in [1.807, 2.05) is 6.92 Å². The van der Waals surface area contributed by atoms with Gasteiger partial charge in [0, 0.05) is 13.0 Å². The molecule has 1 N–H and O–H groups in total. The monoisotopic (exact) mass is 363 g/mol. The Hall–Kier alpha value is -2.21. The van der Waals surface area contributed by atoms with Crippen molar-refractivity contribution in [3.8, 4) is 0 Å². The van der Waals surface area contributed by atoms with Crippen LogP contribution in [0, 0.1) is 5.82 Å². The highest BCUT2D eigenvalue weighted by molar-refractivity contribution is 7.91. The molecule has 6 heteroatoms. The molecule has 0 saturated heterocycles. The molecule has 2 aromatic rings. The second-order valence-corrected chi connectivity index (χ2v) is 7.94. The van der Waals surface area contributed by atoms with E-state index < -0.39 is 20.9 Å². The van der Waals surface area contributed by atoms with E-state index in [1.54, 1.807) is 30.3 Å². The van der Waals surface area contributed by atoms with Crippen molar-refractivity contribution in [3.05, 3.63) is 66.0 Å². The number of sulfone groups is 1. The molecule has 25 heavy (non-hydrogen) atoms. The lowest BCUT2D eigenvalue weighted by Gasteiger charge is -2.19. The number of hydrogen-bond donors (Lipinski definition) is 1. The molecule has 1 unspecified atom stereocenters. The fourth-order valence-electron chi connectivity index (χ4n) is 2.50. The Labute approximate surface area is 148 Å². The van der Waals surface area contributed by atoms with Gasteiger partial charge in [0.25, 0.3) is 0 Å². The number of carbonyl (C=O) groups is 1. The van der Waals surface area contributed by atoms with Crippen molar-refractivity contribution in [3.63, 3.8) is 0 Å². The minimum absolute atomic E-state index is 0.0216. The second kappa shape index (κ2) is 8.76. The van der Waals surface area contributed by atoms with Crippen LogP contribution in [0.5, 0.6) is 0 Å². The molecule has 134 valence electrons. The molecule has 0 aliphatic rings. The highest BCUT2D eigenvalue weighted by atomic mass is 32.2. The molecule has 0 aliphatic heterocycles. The van der Waals surface area contributed by atoms with Crippen LogP contribution >= 0.6 is 0 Å². The molecule has 0 radical (unpaired) electrons. The van der Waals surface area contributed by atoms with E-state index in [0.717, 1.165) is 25.0 Å². The quantitative estimate of drug-likeness (QED) is 0.728. The summed E-state index contributed by atoms with van der Waals surface area (Å²) < 4.78 is 39.1. The number of nitrogens with one attached hydrogen (secondary N) is 1. The first kappa shape index (κ1) is 19.1. The molecule has 0 bridgehead atoms. The minimum atomic E-state index is -3.77. The average Bonchev–Trinajstić information content (AvgIpc) is 2.61. The maximum absolute atomic E-state index is 13.1. The zero-order valence-corrected chi connectivity index (χ0v) is 14.9. The van der Waals surface area contributed by atoms with E-state index in [2.05, 4.69) is 5.32 Å². The summed E-state index contributed by atoms with van der Waals surface area (Å²) >= 11 is 0. The van der Waals surface area contributed by atoms with Crippen molar-refractivity contribution in [2.24, 2.45) is 0 Å². The zero-order chi connectivity index (χ0) is 18.3. The number of rotatable bonds is 8. The Morgan fingerprint density at radius 3 is 2.32 bits per heavy atom. The van der Waals surface area contributed by atoms with Crippen LogP contribution < -0.4 is 5.32 Å². The SMILES string of the molecule is CCCCC(=O)NCC(c1ccccc1)S(=O)(=O)c1ccc(F)cc1. The van der Waals surface area contributed by atoms with E-state index in [4.69, 9.17) is 0 Å². The zero-order valence-electron chi connectivity index (χ0n) is 14.1. The third-order valence-corrected chi connectivity index (χ3v) is 6.05. The fraction of sp³-hybridized carbons (Fsp3) is 0.316. The summed E-state index contributed by atoms with van der Waals surface area (Å²) in [6.45, 7) is 1.96. The third-order valence-electron chi connectivity index (χ3n) is 3.93. The number of hydrogen-bond acceptors (Lipinski definition) is 3. The van der Waals surface area contributed by atoms with Crippen LogP contribution in [0.4, 0.5) is 4.39 Å². The van der Waals surface area contributed by atoms with E-state index in [-0.39, 0.29) is 17.3 Å². The van der Waals surface area contributed by atoms with Crippen LogP contribution in [0.3, 0.4) is 0 Å². The number of amides is 1. The van der Waals surface area contributed by atoms with Crippen molar-refractivity contribution in [1.29, 1.82) is 0 Å². The molecule has 2 rings (SSSR count). The van der Waals surface area contributed by atoms with Gasteiger partial charge >= 0.3 is 0 Å². The number of halogens is 1. The smallest absolute Gasteiger partial charge is 0.220 e. The van der Waals surface area contributed by atoms with Gasteiger partial charge in [-0.3, -0.25) is 4.79 Å². The van der Waals surface area contributed by atoms with Crippen LogP contribution in [0.15, 0.2) is 59.5 Å². The second-order valence-electron chi connectivity index (χ2n) is 5.81.